The molecular weight excluding hydrogens is 386 g/mol. The number of benzene rings is 3. The highest BCUT2D eigenvalue weighted by atomic mass is 31.1. The number of allylic oxidation sites excluding steroid dienone is 4. The third kappa shape index (κ3) is 5.54. The predicted octanol–water partition coefficient (Wildman–Crippen LogP) is 6.20. The number of rotatable bonds is 8. The lowest BCUT2D eigenvalue weighted by Gasteiger charge is -2.26. The number of hydrogen-bond donors (Lipinski definition) is 0. The first-order valence-electron chi connectivity index (χ1n) is 10.4. The summed E-state index contributed by atoms with van der Waals surface area (Å²) in [5, 5.41) is 4.53. The van der Waals surface area contributed by atoms with Gasteiger partial charge < -0.3 is 0 Å². The quantitative estimate of drug-likeness (QED) is 0.304. The van der Waals surface area contributed by atoms with Crippen LogP contribution in [0.15, 0.2) is 115 Å². The third-order valence-electron chi connectivity index (χ3n) is 5.30. The Labute approximate surface area is 177 Å². The zero-order chi connectivity index (χ0) is 19.7. The summed E-state index contributed by atoms with van der Waals surface area (Å²) in [5.41, 5.74) is 0.584. The lowest BCUT2D eigenvalue weighted by Crippen LogP contribution is -2.17. The van der Waals surface area contributed by atoms with Crippen molar-refractivity contribution in [1.82, 2.24) is 0 Å². The summed E-state index contributed by atoms with van der Waals surface area (Å²) in [7, 11) is -0.499. The van der Waals surface area contributed by atoms with E-state index in [1.54, 1.807) is 0 Å². The van der Waals surface area contributed by atoms with Crippen molar-refractivity contribution in [3.8, 4) is 0 Å². The molecule has 0 spiro atoms. The molecule has 2 heteroatoms. The van der Waals surface area contributed by atoms with Crippen LogP contribution < -0.4 is 15.9 Å². The fourth-order valence-electron chi connectivity index (χ4n) is 3.88. The first-order chi connectivity index (χ1) is 14.4. The van der Waals surface area contributed by atoms with Gasteiger partial charge in [-0.2, -0.15) is 0 Å². The zero-order valence-corrected chi connectivity index (χ0v) is 18.6. The van der Waals surface area contributed by atoms with Gasteiger partial charge in [-0.15, -0.1) is 0 Å². The van der Waals surface area contributed by atoms with Crippen molar-refractivity contribution in [3.63, 3.8) is 0 Å². The van der Waals surface area contributed by atoms with E-state index in [-0.39, 0.29) is 15.8 Å². The largest absolute Gasteiger partial charge is 0.0838 e. The molecule has 146 valence electrons. The van der Waals surface area contributed by atoms with Gasteiger partial charge in [0.1, 0.15) is 0 Å². The molecule has 0 saturated heterocycles. The van der Waals surface area contributed by atoms with Crippen molar-refractivity contribution >= 4 is 31.8 Å². The van der Waals surface area contributed by atoms with Crippen molar-refractivity contribution in [3.05, 3.63) is 115 Å². The van der Waals surface area contributed by atoms with Gasteiger partial charge in [-0.1, -0.05) is 123 Å². The molecule has 4 rings (SSSR count). The Kier molecular flexibility index (Phi) is 7.47. The molecule has 0 N–H and O–H groups in total. The van der Waals surface area contributed by atoms with Gasteiger partial charge in [0, 0.05) is 5.66 Å². The van der Waals surface area contributed by atoms with E-state index in [9.17, 15) is 0 Å². The molecule has 0 saturated carbocycles. The number of hydrogen-bond acceptors (Lipinski definition) is 0. The standard InChI is InChI=1S/C27H28P2/c1-5-14-24(15-6-1)28(25-16-7-2-8-17-25)22-13-23-29(26-18-9-3-10-19-26)27-20-11-4-12-21-27/h1-3,5-12,14-21,27H,4,13,22-23H2/t29-/m1/s1. The van der Waals surface area contributed by atoms with E-state index in [1.165, 1.54) is 34.7 Å². The first kappa shape index (κ1) is 20.3. The summed E-state index contributed by atoms with van der Waals surface area (Å²) in [4.78, 5) is 0. The minimum Gasteiger partial charge on any atom is -0.0838 e. The predicted molar refractivity (Wildman–Crippen MR) is 133 cm³/mol. The Morgan fingerprint density at radius 3 is 1.59 bits per heavy atom. The smallest absolute Gasteiger partial charge is 0.0191 e. The van der Waals surface area contributed by atoms with Crippen molar-refractivity contribution in [2.75, 3.05) is 12.3 Å². The van der Waals surface area contributed by atoms with Gasteiger partial charge in [0.2, 0.25) is 0 Å². The zero-order valence-electron chi connectivity index (χ0n) is 16.8. The monoisotopic (exact) mass is 414 g/mol. The summed E-state index contributed by atoms with van der Waals surface area (Å²) >= 11 is 0. The average molecular weight is 414 g/mol. The molecule has 0 fully saturated rings. The Bertz CT molecular complexity index is 865. The third-order valence-corrected chi connectivity index (χ3v) is 10.7. The topological polar surface area (TPSA) is 0 Å². The van der Waals surface area contributed by atoms with E-state index in [2.05, 4.69) is 115 Å². The van der Waals surface area contributed by atoms with E-state index in [0.717, 1.165) is 6.42 Å². The Morgan fingerprint density at radius 1 is 0.586 bits per heavy atom. The van der Waals surface area contributed by atoms with Crippen LogP contribution in [-0.2, 0) is 0 Å². The van der Waals surface area contributed by atoms with Crippen LogP contribution >= 0.6 is 15.8 Å². The Hall–Kier alpha value is -2.00. The SMILES string of the molecule is C1=CC([P@](CCCP(c2ccccc2)c2ccccc2)c2ccccc2)C=CC1. The van der Waals surface area contributed by atoms with E-state index < -0.39 is 0 Å². The maximum absolute atomic E-state index is 2.44. The van der Waals surface area contributed by atoms with Crippen LogP contribution in [0, 0.1) is 0 Å². The Balaban J connectivity index is 1.51. The van der Waals surface area contributed by atoms with Gasteiger partial charge in [0.15, 0.2) is 0 Å². The molecule has 1 aliphatic rings. The molecule has 3 aromatic rings. The van der Waals surface area contributed by atoms with E-state index in [1.807, 2.05) is 0 Å². The van der Waals surface area contributed by atoms with Crippen LogP contribution in [0.2, 0.25) is 0 Å². The molecule has 0 nitrogen and oxygen atoms in total. The lowest BCUT2D eigenvalue weighted by atomic mass is 10.2. The fraction of sp³-hybridized carbons (Fsp3) is 0.185. The second-order valence-electron chi connectivity index (χ2n) is 7.29. The molecule has 1 aliphatic carbocycles. The van der Waals surface area contributed by atoms with Gasteiger partial charge in [-0.25, -0.2) is 0 Å². The molecule has 0 bridgehead atoms. The summed E-state index contributed by atoms with van der Waals surface area (Å²) in [6, 6.07) is 33.4. The molecule has 0 heterocycles. The highest BCUT2D eigenvalue weighted by Gasteiger charge is 2.20. The van der Waals surface area contributed by atoms with Crippen LogP contribution in [0.1, 0.15) is 12.8 Å². The molecule has 0 unspecified atom stereocenters. The second-order valence-corrected chi connectivity index (χ2v) is 12.1. The summed E-state index contributed by atoms with van der Waals surface area (Å²) in [5.74, 6) is 0. The van der Waals surface area contributed by atoms with Crippen LogP contribution in [0.3, 0.4) is 0 Å². The molecule has 0 amide bonds. The average Bonchev–Trinajstić information content (AvgIpc) is 2.81. The van der Waals surface area contributed by atoms with Crippen LogP contribution in [0.4, 0.5) is 0 Å². The van der Waals surface area contributed by atoms with Crippen molar-refractivity contribution in [2.24, 2.45) is 0 Å². The van der Waals surface area contributed by atoms with Crippen molar-refractivity contribution < 1.29 is 0 Å². The highest BCUT2D eigenvalue weighted by Crippen LogP contribution is 2.45. The van der Waals surface area contributed by atoms with E-state index in [4.69, 9.17) is 0 Å². The van der Waals surface area contributed by atoms with Crippen LogP contribution in [0.25, 0.3) is 0 Å². The normalized spacial score (nSPS) is 14.9. The Morgan fingerprint density at radius 2 is 1.07 bits per heavy atom. The van der Waals surface area contributed by atoms with Gasteiger partial charge >= 0.3 is 0 Å². The molecule has 3 aromatic carbocycles. The highest BCUT2D eigenvalue weighted by molar-refractivity contribution is 7.73. The summed E-state index contributed by atoms with van der Waals surface area (Å²) in [6.07, 6.45) is 14.5. The van der Waals surface area contributed by atoms with Gasteiger partial charge in [-0.3, -0.25) is 0 Å². The summed E-state index contributed by atoms with van der Waals surface area (Å²) < 4.78 is 0. The molecule has 0 aliphatic heterocycles. The molecule has 0 radical (unpaired) electrons. The van der Waals surface area contributed by atoms with Crippen molar-refractivity contribution in [2.45, 2.75) is 18.5 Å². The van der Waals surface area contributed by atoms with Gasteiger partial charge in [0.05, 0.1) is 0 Å². The van der Waals surface area contributed by atoms with Crippen molar-refractivity contribution in [1.29, 1.82) is 0 Å². The van der Waals surface area contributed by atoms with E-state index >= 15 is 0 Å². The maximum atomic E-state index is 2.44. The first-order valence-corrected chi connectivity index (χ1v) is 13.6. The van der Waals surface area contributed by atoms with Gasteiger partial charge in [-0.05, 0) is 49.0 Å². The van der Waals surface area contributed by atoms with Crippen LogP contribution in [-0.4, -0.2) is 18.0 Å². The van der Waals surface area contributed by atoms with Crippen LogP contribution in [0.5, 0.6) is 0 Å². The van der Waals surface area contributed by atoms with E-state index in [0.29, 0.717) is 5.66 Å². The molecular formula is C27H28P2. The minimum absolute atomic E-state index is 0.206. The molecule has 1 atom stereocenters. The minimum atomic E-state index is -0.294. The lowest BCUT2D eigenvalue weighted by molar-refractivity contribution is 1.10. The molecule has 29 heavy (non-hydrogen) atoms. The molecule has 0 aromatic heterocycles. The summed E-state index contributed by atoms with van der Waals surface area (Å²) in [6.45, 7) is 0. The van der Waals surface area contributed by atoms with Gasteiger partial charge in [0.25, 0.3) is 0 Å². The second kappa shape index (κ2) is 10.7. The maximum Gasteiger partial charge on any atom is 0.0191 e. The fourth-order valence-corrected chi connectivity index (χ4v) is 9.09.